The lowest BCUT2D eigenvalue weighted by molar-refractivity contribution is 0.219. The summed E-state index contributed by atoms with van der Waals surface area (Å²) in [7, 11) is 2.15. The van der Waals surface area contributed by atoms with Gasteiger partial charge in [0.1, 0.15) is 0 Å². The first-order chi connectivity index (χ1) is 12.2. The van der Waals surface area contributed by atoms with Crippen LogP contribution < -0.4 is 4.90 Å². The van der Waals surface area contributed by atoms with E-state index in [1.54, 1.807) is 0 Å². The van der Waals surface area contributed by atoms with Crippen LogP contribution in [0.2, 0.25) is 0 Å². The summed E-state index contributed by atoms with van der Waals surface area (Å²) < 4.78 is 0.943. The van der Waals surface area contributed by atoms with Crippen molar-refractivity contribution in [3.63, 3.8) is 0 Å². The molecule has 1 aliphatic heterocycles. The minimum Gasteiger partial charge on any atom is -0.341 e. The molecule has 140 valence electrons. The lowest BCUT2D eigenvalue weighted by Gasteiger charge is -2.34. The van der Waals surface area contributed by atoms with Crippen LogP contribution in [0.25, 0.3) is 0 Å². The van der Waals surface area contributed by atoms with E-state index < -0.39 is 0 Å². The zero-order valence-electron chi connectivity index (χ0n) is 15.7. The van der Waals surface area contributed by atoms with Gasteiger partial charge in [0, 0.05) is 25.5 Å². The van der Waals surface area contributed by atoms with E-state index in [0.29, 0.717) is 6.04 Å². The molecule has 0 atom stereocenters. The van der Waals surface area contributed by atoms with E-state index in [0.717, 1.165) is 16.3 Å². The number of unbranched alkanes of at least 4 members (excludes halogenated alkanes) is 1. The van der Waals surface area contributed by atoms with Gasteiger partial charge in [-0.3, -0.25) is 0 Å². The van der Waals surface area contributed by atoms with Crippen molar-refractivity contribution in [2.24, 2.45) is 5.92 Å². The molecule has 1 aromatic heterocycles. The normalized spacial score (nSPS) is 25.0. The van der Waals surface area contributed by atoms with Crippen molar-refractivity contribution in [2.45, 2.75) is 70.3 Å². The predicted octanol–water partition coefficient (Wildman–Crippen LogP) is 4.89. The fraction of sp³-hybridized carbons (Fsp3) is 0.800. The molecular weight excluding hydrogens is 376 g/mol. The number of hydrogen-bond donors (Lipinski definition) is 0. The SMILES string of the molecule is CN(c1ncc(Br)cn1)[C@H]1CC[C@H](CCCCN2CCCCC2)CC1. The summed E-state index contributed by atoms with van der Waals surface area (Å²) in [6.07, 6.45) is 17.5. The fourth-order valence-corrected chi connectivity index (χ4v) is 4.63. The Hall–Kier alpha value is -0.680. The third kappa shape index (κ3) is 5.92. The van der Waals surface area contributed by atoms with Crippen molar-refractivity contribution >= 4 is 21.9 Å². The zero-order chi connectivity index (χ0) is 17.5. The van der Waals surface area contributed by atoms with E-state index >= 15 is 0 Å². The first kappa shape index (κ1) is 19.1. The summed E-state index contributed by atoms with van der Waals surface area (Å²) in [5.41, 5.74) is 0. The van der Waals surface area contributed by atoms with Crippen LogP contribution in [0.1, 0.15) is 64.2 Å². The standard InChI is InChI=1S/C20H33BrN4/c1-24(20-22-15-18(21)16-23-20)19-10-8-17(9-11-19)7-3-6-14-25-12-4-2-5-13-25/h15-17,19H,2-14H2,1H3/t17-,19-. The minimum atomic E-state index is 0.603. The Morgan fingerprint density at radius 3 is 2.40 bits per heavy atom. The van der Waals surface area contributed by atoms with E-state index in [1.165, 1.54) is 83.8 Å². The van der Waals surface area contributed by atoms with Gasteiger partial charge in [-0.1, -0.05) is 19.3 Å². The zero-order valence-corrected chi connectivity index (χ0v) is 17.3. The quantitative estimate of drug-likeness (QED) is 0.601. The monoisotopic (exact) mass is 408 g/mol. The number of halogens is 1. The van der Waals surface area contributed by atoms with Gasteiger partial charge in [-0.15, -0.1) is 0 Å². The molecule has 1 saturated carbocycles. The lowest BCUT2D eigenvalue weighted by Crippen LogP contribution is -2.36. The molecule has 2 heterocycles. The molecule has 0 aromatic carbocycles. The maximum atomic E-state index is 4.44. The van der Waals surface area contributed by atoms with Crippen LogP contribution in [0, 0.1) is 5.92 Å². The number of piperidine rings is 1. The maximum absolute atomic E-state index is 4.44. The van der Waals surface area contributed by atoms with Gasteiger partial charge in [-0.25, -0.2) is 9.97 Å². The number of likely N-dealkylation sites (tertiary alicyclic amines) is 1. The number of hydrogen-bond acceptors (Lipinski definition) is 4. The third-order valence-corrected chi connectivity index (χ3v) is 6.48. The maximum Gasteiger partial charge on any atom is 0.225 e. The van der Waals surface area contributed by atoms with Gasteiger partial charge in [0.2, 0.25) is 5.95 Å². The highest BCUT2D eigenvalue weighted by atomic mass is 79.9. The summed E-state index contributed by atoms with van der Waals surface area (Å²) in [5.74, 6) is 1.80. The largest absolute Gasteiger partial charge is 0.341 e. The first-order valence-electron chi connectivity index (χ1n) is 10.1. The van der Waals surface area contributed by atoms with Crippen LogP contribution in [-0.2, 0) is 0 Å². The molecule has 2 aliphatic rings. The molecule has 2 fully saturated rings. The van der Waals surface area contributed by atoms with Crippen LogP contribution in [0.5, 0.6) is 0 Å². The van der Waals surface area contributed by atoms with Gasteiger partial charge in [-0.2, -0.15) is 0 Å². The van der Waals surface area contributed by atoms with Gasteiger partial charge in [0.25, 0.3) is 0 Å². The van der Waals surface area contributed by atoms with Crippen molar-refractivity contribution in [1.82, 2.24) is 14.9 Å². The highest BCUT2D eigenvalue weighted by Gasteiger charge is 2.25. The molecule has 0 unspecified atom stereocenters. The van der Waals surface area contributed by atoms with Gasteiger partial charge in [0.05, 0.1) is 4.47 Å². The van der Waals surface area contributed by atoms with Crippen molar-refractivity contribution in [1.29, 1.82) is 0 Å². The van der Waals surface area contributed by atoms with Gasteiger partial charge >= 0.3 is 0 Å². The molecule has 0 bridgehead atoms. The summed E-state index contributed by atoms with van der Waals surface area (Å²) >= 11 is 3.41. The molecule has 3 rings (SSSR count). The van der Waals surface area contributed by atoms with Gasteiger partial charge in [-0.05, 0) is 86.4 Å². The molecule has 25 heavy (non-hydrogen) atoms. The number of nitrogens with zero attached hydrogens (tertiary/aromatic N) is 4. The van der Waals surface area contributed by atoms with Crippen molar-refractivity contribution < 1.29 is 0 Å². The summed E-state index contributed by atoms with van der Waals surface area (Å²) in [5, 5.41) is 0. The molecule has 1 aromatic rings. The Kier molecular flexibility index (Phi) is 7.53. The molecule has 1 aliphatic carbocycles. The molecule has 0 amide bonds. The van der Waals surface area contributed by atoms with Crippen LogP contribution in [0.4, 0.5) is 5.95 Å². The smallest absolute Gasteiger partial charge is 0.225 e. The van der Waals surface area contributed by atoms with Crippen molar-refractivity contribution in [3.8, 4) is 0 Å². The third-order valence-electron chi connectivity index (χ3n) is 6.07. The number of aromatic nitrogens is 2. The Morgan fingerprint density at radius 1 is 1.04 bits per heavy atom. The molecular formula is C20H33BrN4. The number of anilines is 1. The summed E-state index contributed by atoms with van der Waals surface area (Å²) in [6, 6.07) is 0.603. The van der Waals surface area contributed by atoms with Crippen LogP contribution in [0.3, 0.4) is 0 Å². The minimum absolute atomic E-state index is 0.603. The van der Waals surface area contributed by atoms with Gasteiger partial charge < -0.3 is 9.80 Å². The van der Waals surface area contributed by atoms with Crippen molar-refractivity contribution in [3.05, 3.63) is 16.9 Å². The fourth-order valence-electron chi connectivity index (χ4n) is 4.42. The lowest BCUT2D eigenvalue weighted by atomic mass is 9.82. The molecule has 1 saturated heterocycles. The molecule has 0 spiro atoms. The van der Waals surface area contributed by atoms with Gasteiger partial charge in [0.15, 0.2) is 0 Å². The summed E-state index contributed by atoms with van der Waals surface area (Å²) in [4.78, 5) is 13.8. The topological polar surface area (TPSA) is 32.3 Å². The highest BCUT2D eigenvalue weighted by molar-refractivity contribution is 9.10. The predicted molar refractivity (Wildman–Crippen MR) is 108 cm³/mol. The Bertz CT molecular complexity index is 493. The van der Waals surface area contributed by atoms with E-state index in [9.17, 15) is 0 Å². The van der Waals surface area contributed by atoms with Crippen LogP contribution >= 0.6 is 15.9 Å². The Morgan fingerprint density at radius 2 is 1.72 bits per heavy atom. The van der Waals surface area contributed by atoms with E-state index in [-0.39, 0.29) is 0 Å². The summed E-state index contributed by atoms with van der Waals surface area (Å²) in [6.45, 7) is 4.02. The van der Waals surface area contributed by atoms with E-state index in [1.807, 2.05) is 12.4 Å². The Labute approximate surface area is 161 Å². The second kappa shape index (κ2) is 9.86. The second-order valence-electron chi connectivity index (χ2n) is 7.88. The first-order valence-corrected chi connectivity index (χ1v) is 10.9. The highest BCUT2D eigenvalue weighted by Crippen LogP contribution is 2.31. The van der Waals surface area contributed by atoms with Crippen LogP contribution in [-0.4, -0.2) is 47.6 Å². The molecule has 4 nitrogen and oxygen atoms in total. The van der Waals surface area contributed by atoms with E-state index in [2.05, 4.69) is 42.7 Å². The average molecular weight is 409 g/mol. The molecule has 5 heteroatoms. The average Bonchev–Trinajstić information content (AvgIpc) is 2.67. The van der Waals surface area contributed by atoms with E-state index in [4.69, 9.17) is 0 Å². The number of rotatable bonds is 7. The Balaban J connectivity index is 1.32. The molecule has 0 radical (unpaired) electrons. The second-order valence-corrected chi connectivity index (χ2v) is 8.80. The van der Waals surface area contributed by atoms with Crippen LogP contribution in [0.15, 0.2) is 16.9 Å². The molecule has 0 N–H and O–H groups in total. The van der Waals surface area contributed by atoms with Crippen molar-refractivity contribution in [2.75, 3.05) is 31.6 Å².